The summed E-state index contributed by atoms with van der Waals surface area (Å²) in [5.74, 6) is -0.0835. The van der Waals surface area contributed by atoms with E-state index in [0.29, 0.717) is 5.69 Å². The van der Waals surface area contributed by atoms with Gasteiger partial charge in [0.05, 0.1) is 11.7 Å². The maximum Gasteiger partial charge on any atom is 0.268 e. The molecule has 2 aromatic rings. The van der Waals surface area contributed by atoms with E-state index in [4.69, 9.17) is 0 Å². The molecule has 4 heteroatoms. The molecule has 0 aromatic carbocycles. The van der Waals surface area contributed by atoms with Crippen molar-refractivity contribution in [3.8, 4) is 0 Å². The number of pyridine rings is 1. The minimum atomic E-state index is -0.0835. The Morgan fingerprint density at radius 1 is 1.35 bits per heavy atom. The first kappa shape index (κ1) is 14.3. The van der Waals surface area contributed by atoms with Gasteiger partial charge in [-0.05, 0) is 49.6 Å². The van der Waals surface area contributed by atoms with E-state index in [1.165, 1.54) is 0 Å². The van der Waals surface area contributed by atoms with Gasteiger partial charge in [0.15, 0.2) is 0 Å². The molecule has 2 aromatic heterocycles. The largest absolute Gasteiger partial charge is 0.354 e. The lowest BCUT2D eigenvalue weighted by Crippen LogP contribution is -2.29. The third-order valence-corrected chi connectivity index (χ3v) is 3.38. The fraction of sp³-hybridized carbons (Fsp3) is 0.375. The van der Waals surface area contributed by atoms with Crippen LogP contribution in [0.1, 0.15) is 53.7 Å². The zero-order valence-corrected chi connectivity index (χ0v) is 12.2. The molecule has 2 N–H and O–H groups in total. The number of nitrogens with one attached hydrogen (secondary N) is 2. The highest BCUT2D eigenvalue weighted by atomic mass is 16.1. The van der Waals surface area contributed by atoms with Crippen molar-refractivity contribution in [1.82, 2.24) is 15.3 Å². The molecule has 2 rings (SSSR count). The van der Waals surface area contributed by atoms with Gasteiger partial charge in [0.2, 0.25) is 0 Å². The second-order valence-corrected chi connectivity index (χ2v) is 4.94. The fourth-order valence-electron chi connectivity index (χ4n) is 2.15. The van der Waals surface area contributed by atoms with Crippen LogP contribution in [-0.2, 0) is 6.42 Å². The predicted octanol–water partition coefficient (Wildman–Crippen LogP) is 3.16. The smallest absolute Gasteiger partial charge is 0.268 e. The SMILES string of the molecule is CCc1ccc(C(=O)N[C@H](CC)c2cc(C)ccn2)[nH]1. The van der Waals surface area contributed by atoms with Gasteiger partial charge in [0, 0.05) is 11.9 Å². The van der Waals surface area contributed by atoms with Crippen LogP contribution >= 0.6 is 0 Å². The van der Waals surface area contributed by atoms with E-state index in [9.17, 15) is 4.79 Å². The summed E-state index contributed by atoms with van der Waals surface area (Å²) in [6, 6.07) is 7.68. The minimum absolute atomic E-state index is 0.0595. The van der Waals surface area contributed by atoms with Crippen molar-refractivity contribution in [2.45, 2.75) is 39.7 Å². The number of aromatic amines is 1. The van der Waals surface area contributed by atoms with E-state index < -0.39 is 0 Å². The summed E-state index contributed by atoms with van der Waals surface area (Å²) in [7, 11) is 0. The lowest BCUT2D eigenvalue weighted by molar-refractivity contribution is 0.0930. The normalized spacial score (nSPS) is 12.2. The number of carbonyl (C=O) groups is 1. The Labute approximate surface area is 119 Å². The van der Waals surface area contributed by atoms with Gasteiger partial charge in [0.1, 0.15) is 5.69 Å². The molecule has 0 aliphatic carbocycles. The number of H-pyrrole nitrogens is 1. The lowest BCUT2D eigenvalue weighted by atomic mass is 10.1. The first-order chi connectivity index (χ1) is 9.63. The maximum absolute atomic E-state index is 12.2. The second kappa shape index (κ2) is 6.37. The molecule has 1 atom stereocenters. The molecule has 0 saturated carbocycles. The molecule has 1 amide bonds. The Hall–Kier alpha value is -2.10. The Kier molecular flexibility index (Phi) is 4.56. The monoisotopic (exact) mass is 271 g/mol. The molecule has 20 heavy (non-hydrogen) atoms. The number of aromatic nitrogens is 2. The summed E-state index contributed by atoms with van der Waals surface area (Å²) in [4.78, 5) is 19.7. The minimum Gasteiger partial charge on any atom is -0.354 e. The number of amides is 1. The van der Waals surface area contributed by atoms with E-state index in [-0.39, 0.29) is 11.9 Å². The summed E-state index contributed by atoms with van der Waals surface area (Å²) in [5, 5.41) is 3.03. The van der Waals surface area contributed by atoms with Gasteiger partial charge in [-0.15, -0.1) is 0 Å². The van der Waals surface area contributed by atoms with Crippen molar-refractivity contribution in [2.24, 2.45) is 0 Å². The van der Waals surface area contributed by atoms with Crippen LogP contribution < -0.4 is 5.32 Å². The highest BCUT2D eigenvalue weighted by Gasteiger charge is 2.16. The van der Waals surface area contributed by atoms with Gasteiger partial charge >= 0.3 is 0 Å². The van der Waals surface area contributed by atoms with E-state index >= 15 is 0 Å². The summed E-state index contributed by atoms with van der Waals surface area (Å²) < 4.78 is 0. The van der Waals surface area contributed by atoms with Crippen molar-refractivity contribution in [1.29, 1.82) is 0 Å². The van der Waals surface area contributed by atoms with Gasteiger partial charge in [-0.1, -0.05) is 13.8 Å². The standard InChI is InChI=1S/C16H21N3O/c1-4-12-6-7-14(18-12)16(20)19-13(5-2)15-10-11(3)8-9-17-15/h6-10,13,18H,4-5H2,1-3H3,(H,19,20)/t13-/m1/s1. The predicted molar refractivity (Wildman–Crippen MR) is 79.6 cm³/mol. The highest BCUT2D eigenvalue weighted by molar-refractivity contribution is 5.92. The lowest BCUT2D eigenvalue weighted by Gasteiger charge is -2.16. The van der Waals surface area contributed by atoms with E-state index in [2.05, 4.69) is 22.2 Å². The van der Waals surface area contributed by atoms with Crippen molar-refractivity contribution < 1.29 is 4.79 Å². The van der Waals surface area contributed by atoms with Gasteiger partial charge < -0.3 is 10.3 Å². The van der Waals surface area contributed by atoms with Crippen LogP contribution in [0.5, 0.6) is 0 Å². The summed E-state index contributed by atoms with van der Waals surface area (Å²) in [6.07, 6.45) is 3.48. The van der Waals surface area contributed by atoms with Crippen LogP contribution in [0.2, 0.25) is 0 Å². The fourth-order valence-corrected chi connectivity index (χ4v) is 2.15. The zero-order chi connectivity index (χ0) is 14.5. The molecule has 0 radical (unpaired) electrons. The third-order valence-electron chi connectivity index (χ3n) is 3.38. The van der Waals surface area contributed by atoms with Crippen LogP contribution in [0.15, 0.2) is 30.5 Å². The molecule has 2 heterocycles. The Bertz CT molecular complexity index is 589. The van der Waals surface area contributed by atoms with Crippen molar-refractivity contribution in [3.05, 3.63) is 53.1 Å². The molecule has 4 nitrogen and oxygen atoms in total. The summed E-state index contributed by atoms with van der Waals surface area (Å²) >= 11 is 0. The Morgan fingerprint density at radius 2 is 2.15 bits per heavy atom. The highest BCUT2D eigenvalue weighted by Crippen LogP contribution is 2.16. The number of hydrogen-bond donors (Lipinski definition) is 2. The van der Waals surface area contributed by atoms with Crippen LogP contribution in [-0.4, -0.2) is 15.9 Å². The van der Waals surface area contributed by atoms with Crippen molar-refractivity contribution >= 4 is 5.91 Å². The van der Waals surface area contributed by atoms with E-state index in [0.717, 1.165) is 29.8 Å². The number of carbonyl (C=O) groups excluding carboxylic acids is 1. The van der Waals surface area contributed by atoms with Gasteiger partial charge in [-0.3, -0.25) is 9.78 Å². The first-order valence-corrected chi connectivity index (χ1v) is 7.05. The average Bonchev–Trinajstić information content (AvgIpc) is 2.93. The molecular formula is C16H21N3O. The quantitative estimate of drug-likeness (QED) is 0.877. The average molecular weight is 271 g/mol. The topological polar surface area (TPSA) is 57.8 Å². The number of aryl methyl sites for hydroxylation is 2. The Morgan fingerprint density at radius 3 is 2.75 bits per heavy atom. The van der Waals surface area contributed by atoms with E-state index in [1.807, 2.05) is 38.1 Å². The molecule has 106 valence electrons. The number of nitrogens with zero attached hydrogens (tertiary/aromatic N) is 1. The molecule has 0 aliphatic rings. The summed E-state index contributed by atoms with van der Waals surface area (Å²) in [6.45, 7) is 6.12. The zero-order valence-electron chi connectivity index (χ0n) is 12.2. The molecule has 0 unspecified atom stereocenters. The van der Waals surface area contributed by atoms with Crippen molar-refractivity contribution in [2.75, 3.05) is 0 Å². The van der Waals surface area contributed by atoms with Crippen LogP contribution in [0, 0.1) is 6.92 Å². The maximum atomic E-state index is 12.2. The molecule has 0 spiro atoms. The van der Waals surface area contributed by atoms with E-state index in [1.54, 1.807) is 6.20 Å². The first-order valence-electron chi connectivity index (χ1n) is 7.05. The molecule has 0 saturated heterocycles. The van der Waals surface area contributed by atoms with Gasteiger partial charge in [0.25, 0.3) is 5.91 Å². The molecule has 0 bridgehead atoms. The second-order valence-electron chi connectivity index (χ2n) is 4.94. The van der Waals surface area contributed by atoms with Crippen molar-refractivity contribution in [3.63, 3.8) is 0 Å². The van der Waals surface area contributed by atoms with Crippen LogP contribution in [0.25, 0.3) is 0 Å². The number of rotatable bonds is 5. The molecule has 0 fully saturated rings. The van der Waals surface area contributed by atoms with Crippen LogP contribution in [0.4, 0.5) is 0 Å². The molecular weight excluding hydrogens is 250 g/mol. The Balaban J connectivity index is 2.11. The van der Waals surface area contributed by atoms with Gasteiger partial charge in [-0.2, -0.15) is 0 Å². The molecule has 0 aliphatic heterocycles. The number of hydrogen-bond acceptors (Lipinski definition) is 2. The van der Waals surface area contributed by atoms with Crippen LogP contribution in [0.3, 0.4) is 0 Å². The third kappa shape index (κ3) is 3.26. The summed E-state index contributed by atoms with van der Waals surface area (Å²) in [5.41, 5.74) is 3.73. The van der Waals surface area contributed by atoms with Gasteiger partial charge in [-0.25, -0.2) is 0 Å².